The monoisotopic (exact) mass is 319 g/mol. The second-order valence-electron chi connectivity index (χ2n) is 4.54. The summed E-state index contributed by atoms with van der Waals surface area (Å²) in [5, 5.41) is 8.81. The summed E-state index contributed by atoms with van der Waals surface area (Å²) in [4.78, 5) is 22.2. The number of carboxylic acid groups (broad SMARTS) is 1. The van der Waals surface area contributed by atoms with Crippen LogP contribution >= 0.6 is 0 Å². The third-order valence-corrected chi connectivity index (χ3v) is 4.34. The first-order valence-electron chi connectivity index (χ1n) is 6.27. The van der Waals surface area contributed by atoms with Gasteiger partial charge in [0, 0.05) is 5.56 Å². The molecule has 0 radical (unpaired) electrons. The lowest BCUT2D eigenvalue weighted by molar-refractivity contribution is 0.0696. The molecule has 2 aromatic rings. The maximum Gasteiger partial charge on any atom is 0.335 e. The zero-order valence-electron chi connectivity index (χ0n) is 11.6. The van der Waals surface area contributed by atoms with E-state index >= 15 is 0 Å². The van der Waals surface area contributed by atoms with Crippen molar-refractivity contribution >= 4 is 27.5 Å². The molecule has 0 aliphatic carbocycles. The van der Waals surface area contributed by atoms with E-state index in [0.717, 1.165) is 0 Å². The molecule has 0 bridgehead atoms. The number of anilines is 1. The number of benzene rings is 2. The lowest BCUT2D eigenvalue weighted by Gasteiger charge is -2.11. The smallest absolute Gasteiger partial charge is 0.335 e. The summed E-state index contributed by atoms with van der Waals surface area (Å²) in [5.41, 5.74) is 0.425. The number of sulfonamides is 1. The lowest BCUT2D eigenvalue weighted by Crippen LogP contribution is -2.15. The van der Waals surface area contributed by atoms with Crippen molar-refractivity contribution in [3.05, 3.63) is 59.7 Å². The van der Waals surface area contributed by atoms with Crippen molar-refractivity contribution in [2.24, 2.45) is 0 Å². The fourth-order valence-corrected chi connectivity index (χ4v) is 2.94. The largest absolute Gasteiger partial charge is 0.478 e. The molecule has 0 fully saturated rings. The molecule has 0 unspecified atom stereocenters. The Labute approximate surface area is 127 Å². The molecule has 7 heteroatoms. The average molecular weight is 319 g/mol. The van der Waals surface area contributed by atoms with Crippen molar-refractivity contribution in [1.82, 2.24) is 0 Å². The first-order chi connectivity index (χ1) is 10.3. The van der Waals surface area contributed by atoms with Crippen molar-refractivity contribution in [1.29, 1.82) is 0 Å². The van der Waals surface area contributed by atoms with Crippen LogP contribution in [-0.2, 0) is 10.0 Å². The molecule has 0 saturated carbocycles. The molecule has 0 spiro atoms. The van der Waals surface area contributed by atoms with Crippen LogP contribution in [0.1, 0.15) is 27.6 Å². The van der Waals surface area contributed by atoms with Crippen LogP contribution in [0.5, 0.6) is 0 Å². The van der Waals surface area contributed by atoms with Gasteiger partial charge in [-0.2, -0.15) is 0 Å². The Morgan fingerprint density at radius 2 is 1.59 bits per heavy atom. The van der Waals surface area contributed by atoms with Gasteiger partial charge in [-0.15, -0.1) is 0 Å². The molecule has 0 aliphatic heterocycles. The Bertz CT molecular complexity index is 825. The second-order valence-corrected chi connectivity index (χ2v) is 6.22. The average Bonchev–Trinajstić information content (AvgIpc) is 2.47. The Morgan fingerprint density at radius 1 is 1.00 bits per heavy atom. The van der Waals surface area contributed by atoms with Crippen LogP contribution in [0, 0.1) is 0 Å². The fraction of sp³-hybridized carbons (Fsp3) is 0.0667. The summed E-state index contributed by atoms with van der Waals surface area (Å²) in [7, 11) is -3.91. The van der Waals surface area contributed by atoms with Gasteiger partial charge in [-0.05, 0) is 43.3 Å². The normalized spacial score (nSPS) is 11.0. The van der Waals surface area contributed by atoms with Crippen LogP contribution in [0.4, 0.5) is 5.69 Å². The highest BCUT2D eigenvalue weighted by Gasteiger charge is 2.17. The number of carboxylic acids is 1. The van der Waals surface area contributed by atoms with Gasteiger partial charge in [0.2, 0.25) is 0 Å². The maximum atomic E-state index is 12.3. The number of para-hydroxylation sites is 1. The Hall–Kier alpha value is -2.67. The van der Waals surface area contributed by atoms with E-state index in [2.05, 4.69) is 4.72 Å². The number of hydrogen-bond donors (Lipinski definition) is 2. The summed E-state index contributed by atoms with van der Waals surface area (Å²) < 4.78 is 26.9. The third kappa shape index (κ3) is 3.32. The number of ketones is 1. The van der Waals surface area contributed by atoms with Crippen molar-refractivity contribution < 1.29 is 23.1 Å². The standard InChI is InChI=1S/C15H13NO5S/c1-10(17)13-4-2-3-5-14(13)16-22(20,21)12-8-6-11(7-9-12)15(18)19/h2-9,16H,1H3,(H,18,19). The second kappa shape index (κ2) is 5.98. The van der Waals surface area contributed by atoms with E-state index < -0.39 is 16.0 Å². The van der Waals surface area contributed by atoms with Gasteiger partial charge in [0.05, 0.1) is 16.1 Å². The molecule has 0 atom stereocenters. The fourth-order valence-electron chi connectivity index (χ4n) is 1.86. The molecule has 0 saturated heterocycles. The SMILES string of the molecule is CC(=O)c1ccccc1NS(=O)(=O)c1ccc(C(=O)O)cc1. The molecule has 0 aliphatic rings. The minimum absolute atomic E-state index is 0.0110. The van der Waals surface area contributed by atoms with Gasteiger partial charge in [-0.1, -0.05) is 12.1 Å². The van der Waals surface area contributed by atoms with Gasteiger partial charge >= 0.3 is 5.97 Å². The van der Waals surface area contributed by atoms with Crippen LogP contribution in [-0.4, -0.2) is 25.3 Å². The number of hydrogen-bond acceptors (Lipinski definition) is 4. The number of Topliss-reactive ketones (excluding diaryl/α,β-unsaturated/α-hetero) is 1. The molecule has 22 heavy (non-hydrogen) atoms. The van der Waals surface area contributed by atoms with E-state index in [1.807, 2.05) is 0 Å². The van der Waals surface area contributed by atoms with Crippen LogP contribution in [0.3, 0.4) is 0 Å². The molecule has 114 valence electrons. The molecule has 2 rings (SSSR count). The predicted molar refractivity (Wildman–Crippen MR) is 80.7 cm³/mol. The number of aromatic carboxylic acids is 1. The summed E-state index contributed by atoms with van der Waals surface area (Å²) in [6.07, 6.45) is 0. The van der Waals surface area contributed by atoms with Gasteiger partial charge in [0.1, 0.15) is 0 Å². The van der Waals surface area contributed by atoms with Gasteiger partial charge < -0.3 is 5.11 Å². The molecule has 6 nitrogen and oxygen atoms in total. The van der Waals surface area contributed by atoms with E-state index in [0.29, 0.717) is 0 Å². The Kier molecular flexibility index (Phi) is 4.27. The number of carbonyl (C=O) groups is 2. The summed E-state index contributed by atoms with van der Waals surface area (Å²) in [5.74, 6) is -1.40. The number of nitrogens with one attached hydrogen (secondary N) is 1. The van der Waals surface area contributed by atoms with Crippen molar-refractivity contribution in [3.63, 3.8) is 0 Å². The third-order valence-electron chi connectivity index (χ3n) is 2.96. The van der Waals surface area contributed by atoms with E-state index in [-0.39, 0.29) is 27.5 Å². The van der Waals surface area contributed by atoms with Gasteiger partial charge in [-0.3, -0.25) is 9.52 Å². The van der Waals surface area contributed by atoms with E-state index in [1.54, 1.807) is 12.1 Å². The van der Waals surface area contributed by atoms with Crippen LogP contribution in [0.2, 0.25) is 0 Å². The summed E-state index contributed by atoms with van der Waals surface area (Å²) in [6, 6.07) is 11.0. The maximum absolute atomic E-state index is 12.3. The van der Waals surface area contributed by atoms with Crippen LogP contribution < -0.4 is 4.72 Å². The number of carbonyl (C=O) groups excluding carboxylic acids is 1. The summed E-state index contributed by atoms with van der Waals surface area (Å²) in [6.45, 7) is 1.34. The molecule has 2 aromatic carbocycles. The zero-order chi connectivity index (χ0) is 16.3. The molecule has 2 N–H and O–H groups in total. The molecule has 0 amide bonds. The molecular formula is C15H13NO5S. The zero-order valence-corrected chi connectivity index (χ0v) is 12.4. The van der Waals surface area contributed by atoms with Crippen molar-refractivity contribution in [3.8, 4) is 0 Å². The highest BCUT2D eigenvalue weighted by atomic mass is 32.2. The first kappa shape index (κ1) is 15.7. The van der Waals surface area contributed by atoms with Gasteiger partial charge in [0.15, 0.2) is 5.78 Å². The Morgan fingerprint density at radius 3 is 2.14 bits per heavy atom. The van der Waals surface area contributed by atoms with Gasteiger partial charge in [-0.25, -0.2) is 13.2 Å². The van der Waals surface area contributed by atoms with Crippen molar-refractivity contribution in [2.45, 2.75) is 11.8 Å². The van der Waals surface area contributed by atoms with E-state index in [4.69, 9.17) is 5.11 Å². The predicted octanol–water partition coefficient (Wildman–Crippen LogP) is 2.39. The molecule has 0 heterocycles. The van der Waals surface area contributed by atoms with Crippen LogP contribution in [0.15, 0.2) is 53.4 Å². The highest BCUT2D eigenvalue weighted by Crippen LogP contribution is 2.20. The van der Waals surface area contributed by atoms with Crippen molar-refractivity contribution in [2.75, 3.05) is 4.72 Å². The molecule has 0 aromatic heterocycles. The summed E-state index contributed by atoms with van der Waals surface area (Å²) >= 11 is 0. The minimum atomic E-state index is -3.91. The van der Waals surface area contributed by atoms with Crippen LogP contribution in [0.25, 0.3) is 0 Å². The van der Waals surface area contributed by atoms with E-state index in [1.165, 1.54) is 43.3 Å². The number of rotatable bonds is 5. The van der Waals surface area contributed by atoms with E-state index in [9.17, 15) is 18.0 Å². The first-order valence-corrected chi connectivity index (χ1v) is 7.76. The lowest BCUT2D eigenvalue weighted by atomic mass is 10.1. The Balaban J connectivity index is 2.36. The highest BCUT2D eigenvalue weighted by molar-refractivity contribution is 7.92. The van der Waals surface area contributed by atoms with Gasteiger partial charge in [0.25, 0.3) is 10.0 Å². The molecular weight excluding hydrogens is 306 g/mol. The topological polar surface area (TPSA) is 101 Å². The quantitative estimate of drug-likeness (QED) is 0.824. The minimum Gasteiger partial charge on any atom is -0.478 e.